The number of rotatable bonds is 2. The lowest BCUT2D eigenvalue weighted by atomic mass is 10.2. The number of halogens is 2. The molecule has 0 N–H and O–H groups in total. The van der Waals surface area contributed by atoms with Crippen LogP contribution in [0.15, 0.2) is 40.9 Å². The molecule has 1 saturated carbocycles. The lowest BCUT2D eigenvalue weighted by Crippen LogP contribution is -1.86. The van der Waals surface area contributed by atoms with Crippen molar-refractivity contribution in [3.63, 3.8) is 0 Å². The maximum Gasteiger partial charge on any atom is 0.226 e. The molecular weight excluding hydrogens is 245 g/mol. The summed E-state index contributed by atoms with van der Waals surface area (Å²) in [5.74, 6) is 1.47. The molecule has 0 saturated heterocycles. The molecule has 0 radical (unpaired) electrons. The third kappa shape index (κ3) is 1.72. The quantitative estimate of drug-likeness (QED) is 0.757. The zero-order valence-electron chi connectivity index (χ0n) is 8.36. The predicted molar refractivity (Wildman–Crippen MR) is 63.7 cm³/mol. The highest BCUT2D eigenvalue weighted by Gasteiger charge is 2.54. The minimum atomic E-state index is -0.659. The zero-order chi connectivity index (χ0) is 11.2. The second-order valence-corrected chi connectivity index (χ2v) is 5.49. The number of benzene rings is 1. The highest BCUT2D eigenvalue weighted by molar-refractivity contribution is 6.51. The molecule has 1 aliphatic rings. The SMILES string of the molecule is ClC1(Cl)CC1c1cnc(-c2ccccc2)o1. The van der Waals surface area contributed by atoms with Crippen LogP contribution in [-0.2, 0) is 0 Å². The van der Waals surface area contributed by atoms with Crippen LogP contribution in [0.1, 0.15) is 18.1 Å². The molecule has 1 fully saturated rings. The topological polar surface area (TPSA) is 26.0 Å². The van der Waals surface area contributed by atoms with Crippen LogP contribution >= 0.6 is 23.2 Å². The Morgan fingerprint density at radius 2 is 1.94 bits per heavy atom. The van der Waals surface area contributed by atoms with Crippen molar-refractivity contribution in [1.82, 2.24) is 4.98 Å². The fraction of sp³-hybridized carbons (Fsp3) is 0.250. The van der Waals surface area contributed by atoms with Crippen molar-refractivity contribution in [1.29, 1.82) is 0 Å². The third-order valence-corrected chi connectivity index (χ3v) is 3.55. The van der Waals surface area contributed by atoms with Gasteiger partial charge in [0.15, 0.2) is 0 Å². The van der Waals surface area contributed by atoms with E-state index >= 15 is 0 Å². The van der Waals surface area contributed by atoms with Gasteiger partial charge < -0.3 is 4.42 Å². The van der Waals surface area contributed by atoms with E-state index in [1.54, 1.807) is 6.20 Å². The summed E-state index contributed by atoms with van der Waals surface area (Å²) >= 11 is 11.9. The van der Waals surface area contributed by atoms with E-state index in [9.17, 15) is 0 Å². The van der Waals surface area contributed by atoms with E-state index in [1.165, 1.54) is 0 Å². The minimum Gasteiger partial charge on any atom is -0.441 e. The molecule has 1 unspecified atom stereocenters. The monoisotopic (exact) mass is 253 g/mol. The Hall–Kier alpha value is -0.990. The average molecular weight is 254 g/mol. The smallest absolute Gasteiger partial charge is 0.226 e. The number of alkyl halides is 2. The molecular formula is C12H9Cl2NO. The average Bonchev–Trinajstić information content (AvgIpc) is 2.76. The van der Waals surface area contributed by atoms with Gasteiger partial charge in [0.1, 0.15) is 10.1 Å². The molecule has 4 heteroatoms. The van der Waals surface area contributed by atoms with Crippen molar-refractivity contribution in [2.24, 2.45) is 0 Å². The van der Waals surface area contributed by atoms with Crippen molar-refractivity contribution in [3.8, 4) is 11.5 Å². The Labute approximate surface area is 103 Å². The van der Waals surface area contributed by atoms with Crippen LogP contribution in [0.3, 0.4) is 0 Å². The van der Waals surface area contributed by atoms with Crippen LogP contribution in [0, 0.1) is 0 Å². The molecule has 1 atom stereocenters. The van der Waals surface area contributed by atoms with Gasteiger partial charge in [-0.25, -0.2) is 4.98 Å². The molecule has 1 aromatic heterocycles. The fourth-order valence-corrected chi connectivity index (χ4v) is 2.21. The van der Waals surface area contributed by atoms with Gasteiger partial charge in [-0.05, 0) is 18.6 Å². The van der Waals surface area contributed by atoms with E-state index in [-0.39, 0.29) is 5.92 Å². The van der Waals surface area contributed by atoms with Crippen molar-refractivity contribution < 1.29 is 4.42 Å². The van der Waals surface area contributed by atoms with E-state index < -0.39 is 4.33 Å². The Morgan fingerprint density at radius 1 is 1.25 bits per heavy atom. The van der Waals surface area contributed by atoms with Crippen molar-refractivity contribution in [3.05, 3.63) is 42.3 Å². The summed E-state index contributed by atoms with van der Waals surface area (Å²) in [7, 11) is 0. The van der Waals surface area contributed by atoms with Crippen LogP contribution in [0.25, 0.3) is 11.5 Å². The zero-order valence-corrected chi connectivity index (χ0v) is 9.87. The molecule has 2 nitrogen and oxygen atoms in total. The third-order valence-electron chi connectivity index (χ3n) is 2.71. The summed E-state index contributed by atoms with van der Waals surface area (Å²) in [6.45, 7) is 0. The first-order valence-corrected chi connectivity index (χ1v) is 5.81. The molecule has 3 rings (SSSR count). The van der Waals surface area contributed by atoms with E-state index in [0.29, 0.717) is 5.89 Å². The van der Waals surface area contributed by atoms with Crippen LogP contribution in [-0.4, -0.2) is 9.32 Å². The predicted octanol–water partition coefficient (Wildman–Crippen LogP) is 4.00. The highest BCUT2D eigenvalue weighted by Crippen LogP contribution is 2.59. The summed E-state index contributed by atoms with van der Waals surface area (Å²) < 4.78 is 4.99. The molecule has 16 heavy (non-hydrogen) atoms. The van der Waals surface area contributed by atoms with Crippen LogP contribution in [0.4, 0.5) is 0 Å². The maximum atomic E-state index is 5.97. The standard InChI is InChI=1S/C12H9Cl2NO/c13-12(14)6-9(12)10-7-15-11(16-10)8-4-2-1-3-5-8/h1-5,7,9H,6H2. The Kier molecular flexibility index (Phi) is 2.23. The van der Waals surface area contributed by atoms with Gasteiger partial charge in [0.05, 0.1) is 12.1 Å². The molecule has 82 valence electrons. The van der Waals surface area contributed by atoms with Crippen molar-refractivity contribution in [2.75, 3.05) is 0 Å². The lowest BCUT2D eigenvalue weighted by molar-refractivity contribution is 0.519. The first-order valence-electron chi connectivity index (χ1n) is 5.06. The molecule has 0 amide bonds. The summed E-state index contributed by atoms with van der Waals surface area (Å²) in [5.41, 5.74) is 0.962. The molecule has 1 heterocycles. The summed E-state index contributed by atoms with van der Waals surface area (Å²) in [5, 5.41) is 0. The van der Waals surface area contributed by atoms with E-state index in [2.05, 4.69) is 4.98 Å². The number of oxazole rings is 1. The fourth-order valence-electron chi connectivity index (χ4n) is 1.68. The normalized spacial score (nSPS) is 22.0. The summed E-state index contributed by atoms with van der Waals surface area (Å²) in [6.07, 6.45) is 2.44. The van der Waals surface area contributed by atoms with Gasteiger partial charge in [-0.2, -0.15) is 0 Å². The van der Waals surface area contributed by atoms with Crippen LogP contribution in [0.5, 0.6) is 0 Å². The second kappa shape index (κ2) is 3.51. The summed E-state index contributed by atoms with van der Waals surface area (Å²) in [6, 6.07) is 9.76. The molecule has 0 aliphatic heterocycles. The first-order chi connectivity index (χ1) is 7.67. The number of nitrogens with zero attached hydrogens (tertiary/aromatic N) is 1. The first kappa shape index (κ1) is 10.2. The Balaban J connectivity index is 1.89. The molecule has 1 aliphatic carbocycles. The number of aromatic nitrogens is 1. The van der Waals surface area contributed by atoms with Gasteiger partial charge in [-0.15, -0.1) is 23.2 Å². The summed E-state index contributed by atoms with van der Waals surface area (Å²) in [4.78, 5) is 4.23. The number of hydrogen-bond donors (Lipinski definition) is 0. The number of hydrogen-bond acceptors (Lipinski definition) is 2. The minimum absolute atomic E-state index is 0.0841. The van der Waals surface area contributed by atoms with Gasteiger partial charge in [0.2, 0.25) is 5.89 Å². The molecule has 0 spiro atoms. The molecule has 1 aromatic carbocycles. The highest BCUT2D eigenvalue weighted by atomic mass is 35.5. The van der Waals surface area contributed by atoms with Gasteiger partial charge >= 0.3 is 0 Å². The van der Waals surface area contributed by atoms with Gasteiger partial charge in [-0.3, -0.25) is 0 Å². The van der Waals surface area contributed by atoms with Crippen LogP contribution in [0.2, 0.25) is 0 Å². The van der Waals surface area contributed by atoms with Gasteiger partial charge in [0, 0.05) is 5.56 Å². The second-order valence-electron chi connectivity index (χ2n) is 3.95. The lowest BCUT2D eigenvalue weighted by Gasteiger charge is -1.95. The maximum absolute atomic E-state index is 5.97. The van der Waals surface area contributed by atoms with E-state index in [4.69, 9.17) is 27.6 Å². The largest absolute Gasteiger partial charge is 0.441 e. The van der Waals surface area contributed by atoms with E-state index in [1.807, 2.05) is 30.3 Å². The van der Waals surface area contributed by atoms with Crippen LogP contribution < -0.4 is 0 Å². The molecule has 0 bridgehead atoms. The Morgan fingerprint density at radius 3 is 2.56 bits per heavy atom. The van der Waals surface area contributed by atoms with Gasteiger partial charge in [-0.1, -0.05) is 18.2 Å². The van der Waals surface area contributed by atoms with Crippen molar-refractivity contribution in [2.45, 2.75) is 16.7 Å². The van der Waals surface area contributed by atoms with E-state index in [0.717, 1.165) is 17.7 Å². The van der Waals surface area contributed by atoms with Crippen molar-refractivity contribution >= 4 is 23.2 Å². The molecule has 2 aromatic rings. The van der Waals surface area contributed by atoms with Gasteiger partial charge in [0.25, 0.3) is 0 Å². The Bertz CT molecular complexity index is 507.